The number of aryl methyl sites for hydroxylation is 2. The number of ether oxygens (including phenoxy) is 2. The average Bonchev–Trinajstić information content (AvgIpc) is 2.70. The van der Waals surface area contributed by atoms with Gasteiger partial charge >= 0.3 is 12.1 Å². The van der Waals surface area contributed by atoms with E-state index in [0.717, 1.165) is 27.8 Å². The summed E-state index contributed by atoms with van der Waals surface area (Å²) in [5, 5.41) is 12.7. The number of anilines is 1. The number of carbonyl (C=O) groups is 2. The molecule has 31 heavy (non-hydrogen) atoms. The molecule has 162 valence electrons. The van der Waals surface area contributed by atoms with Crippen molar-refractivity contribution in [2.75, 3.05) is 12.5 Å². The maximum atomic E-state index is 11.6. The van der Waals surface area contributed by atoms with Gasteiger partial charge in [0.2, 0.25) is 11.6 Å². The van der Waals surface area contributed by atoms with Crippen LogP contribution >= 0.6 is 0 Å². The van der Waals surface area contributed by atoms with E-state index in [-0.39, 0.29) is 5.92 Å². The maximum absolute atomic E-state index is 11.6. The fourth-order valence-electron chi connectivity index (χ4n) is 3.11. The van der Waals surface area contributed by atoms with E-state index in [1.54, 1.807) is 13.2 Å². The molecule has 2 rings (SSSR count). The number of hydrogen-bond acceptors (Lipinski definition) is 8. The van der Waals surface area contributed by atoms with Gasteiger partial charge in [0.05, 0.1) is 12.8 Å². The van der Waals surface area contributed by atoms with Gasteiger partial charge in [0.25, 0.3) is 0 Å². The topological polar surface area (TPSA) is 140 Å². The van der Waals surface area contributed by atoms with Crippen molar-refractivity contribution in [1.29, 1.82) is 5.26 Å². The molecule has 1 aromatic carbocycles. The first-order valence-corrected chi connectivity index (χ1v) is 9.54. The monoisotopic (exact) mass is 423 g/mol. The molecule has 0 atom stereocenters. The first-order valence-electron chi connectivity index (χ1n) is 9.54. The van der Waals surface area contributed by atoms with E-state index >= 15 is 0 Å². The Kier molecular flexibility index (Phi) is 7.69. The fraction of sp³-hybridized carbons (Fsp3) is 0.318. The summed E-state index contributed by atoms with van der Waals surface area (Å²) in [5.41, 5.74) is 12.6. The van der Waals surface area contributed by atoms with E-state index in [1.807, 2.05) is 32.2 Å². The highest BCUT2D eigenvalue weighted by Gasteiger charge is 2.16. The number of amides is 1. The number of nitriles is 1. The first-order chi connectivity index (χ1) is 14.7. The zero-order valence-electron chi connectivity index (χ0n) is 18.1. The van der Waals surface area contributed by atoms with Crippen molar-refractivity contribution >= 4 is 23.5 Å². The summed E-state index contributed by atoms with van der Waals surface area (Å²) in [5.74, 6) is -0.307. The number of methoxy groups -OCH3 is 1. The molecule has 2 aromatic rings. The molecular weight excluding hydrogens is 398 g/mol. The molecule has 0 saturated heterocycles. The number of hydrazone groups is 1. The predicted octanol–water partition coefficient (Wildman–Crippen LogP) is 3.33. The molecule has 0 aliphatic heterocycles. The summed E-state index contributed by atoms with van der Waals surface area (Å²) in [7, 11) is 1.61. The summed E-state index contributed by atoms with van der Waals surface area (Å²) >= 11 is 0. The van der Waals surface area contributed by atoms with Crippen LogP contribution in [-0.2, 0) is 16.0 Å². The Morgan fingerprint density at radius 2 is 1.90 bits per heavy atom. The second-order valence-corrected chi connectivity index (χ2v) is 7.25. The lowest BCUT2D eigenvalue weighted by Gasteiger charge is -2.15. The van der Waals surface area contributed by atoms with Crippen molar-refractivity contribution in [3.8, 4) is 11.9 Å². The number of nitrogens with two attached hydrogens (primary N) is 1. The number of carbonyl (C=O) groups excluding carboxylic acids is 2. The zero-order valence-corrected chi connectivity index (χ0v) is 18.1. The third-order valence-corrected chi connectivity index (χ3v) is 4.62. The van der Waals surface area contributed by atoms with Crippen LogP contribution in [0.5, 0.6) is 5.88 Å². The number of primary amides is 1. The quantitative estimate of drug-likeness (QED) is 0.301. The Labute approximate surface area is 180 Å². The van der Waals surface area contributed by atoms with E-state index in [9.17, 15) is 9.59 Å². The molecule has 0 spiro atoms. The third-order valence-electron chi connectivity index (χ3n) is 4.62. The van der Waals surface area contributed by atoms with Crippen molar-refractivity contribution in [3.63, 3.8) is 0 Å². The number of rotatable bonds is 7. The van der Waals surface area contributed by atoms with E-state index in [0.29, 0.717) is 18.0 Å². The smallest absolute Gasteiger partial charge is 0.412 e. The molecule has 9 heteroatoms. The van der Waals surface area contributed by atoms with Crippen molar-refractivity contribution in [2.24, 2.45) is 10.8 Å². The average molecular weight is 423 g/mol. The van der Waals surface area contributed by atoms with Gasteiger partial charge in [-0.15, -0.1) is 0 Å². The Morgan fingerprint density at radius 3 is 2.42 bits per heavy atom. The van der Waals surface area contributed by atoms with E-state index in [1.165, 1.54) is 0 Å². The molecule has 0 radical (unpaired) electrons. The van der Waals surface area contributed by atoms with Gasteiger partial charge in [0.1, 0.15) is 6.07 Å². The van der Waals surface area contributed by atoms with Crippen LogP contribution in [0.15, 0.2) is 29.5 Å². The Hall–Kier alpha value is -3.93. The Bertz CT molecular complexity index is 1050. The summed E-state index contributed by atoms with van der Waals surface area (Å²) < 4.78 is 9.51. The lowest BCUT2D eigenvalue weighted by atomic mass is 9.94. The minimum absolute atomic E-state index is 0.282. The molecule has 0 aliphatic carbocycles. The van der Waals surface area contributed by atoms with E-state index in [2.05, 4.69) is 40.2 Å². The highest BCUT2D eigenvalue weighted by atomic mass is 16.6. The number of esters is 1. The highest BCUT2D eigenvalue weighted by molar-refractivity contribution is 6.44. The van der Waals surface area contributed by atoms with Gasteiger partial charge in [0, 0.05) is 11.8 Å². The van der Waals surface area contributed by atoms with E-state index in [4.69, 9.17) is 15.7 Å². The SMILES string of the molecule is COc1ncc(Cc2c(C)cc(NN=C(C#N)C(=O)OC(N)=O)cc2C)cc1C(C)C. The molecule has 3 N–H and O–H groups in total. The zero-order chi connectivity index (χ0) is 23.1. The van der Waals surface area contributed by atoms with Crippen molar-refractivity contribution in [3.05, 3.63) is 52.2 Å². The first kappa shape index (κ1) is 23.3. The van der Waals surface area contributed by atoms with Crippen LogP contribution in [0.25, 0.3) is 0 Å². The van der Waals surface area contributed by atoms with Crippen LogP contribution in [0.4, 0.5) is 10.5 Å². The molecule has 0 saturated carbocycles. The number of benzene rings is 1. The van der Waals surface area contributed by atoms with Crippen molar-refractivity contribution < 1.29 is 19.1 Å². The Morgan fingerprint density at radius 1 is 1.26 bits per heavy atom. The number of aromatic nitrogens is 1. The molecule has 1 heterocycles. The van der Waals surface area contributed by atoms with Crippen LogP contribution < -0.4 is 15.9 Å². The van der Waals surface area contributed by atoms with Gasteiger partial charge < -0.3 is 15.2 Å². The van der Waals surface area contributed by atoms with Crippen LogP contribution in [0.3, 0.4) is 0 Å². The van der Waals surface area contributed by atoms with Crippen LogP contribution in [0.2, 0.25) is 0 Å². The van der Waals surface area contributed by atoms with Crippen molar-refractivity contribution in [1.82, 2.24) is 4.98 Å². The van der Waals surface area contributed by atoms with Gasteiger partial charge in [-0.2, -0.15) is 10.4 Å². The van der Waals surface area contributed by atoms with Crippen LogP contribution in [0.1, 0.15) is 47.6 Å². The maximum Gasteiger partial charge on any atom is 0.412 e. The second kappa shape index (κ2) is 10.2. The molecule has 0 fully saturated rings. The van der Waals surface area contributed by atoms with Crippen molar-refractivity contribution in [2.45, 2.75) is 40.0 Å². The highest BCUT2D eigenvalue weighted by Crippen LogP contribution is 2.28. The minimum atomic E-state index is -1.31. The summed E-state index contributed by atoms with van der Waals surface area (Å²) in [6, 6.07) is 7.36. The second-order valence-electron chi connectivity index (χ2n) is 7.25. The van der Waals surface area contributed by atoms with Crippen LogP contribution in [-0.4, -0.2) is 29.9 Å². The number of pyridine rings is 1. The third kappa shape index (κ3) is 6.02. The molecule has 9 nitrogen and oxygen atoms in total. The van der Waals surface area contributed by atoms with Gasteiger partial charge in [0.15, 0.2) is 0 Å². The van der Waals surface area contributed by atoms with Gasteiger partial charge in [-0.1, -0.05) is 13.8 Å². The van der Waals surface area contributed by atoms with Crippen LogP contribution in [0, 0.1) is 25.2 Å². The van der Waals surface area contributed by atoms with Gasteiger partial charge in [-0.05, 0) is 66.6 Å². The van der Waals surface area contributed by atoms with E-state index < -0.39 is 17.8 Å². The normalized spacial score (nSPS) is 11.1. The summed E-state index contributed by atoms with van der Waals surface area (Å²) in [4.78, 5) is 26.7. The fourth-order valence-corrected chi connectivity index (χ4v) is 3.11. The molecule has 1 aromatic heterocycles. The number of nitrogens with zero attached hydrogens (tertiary/aromatic N) is 3. The molecule has 0 aliphatic rings. The molecular formula is C22H25N5O4. The molecule has 0 unspecified atom stereocenters. The predicted molar refractivity (Wildman–Crippen MR) is 116 cm³/mol. The largest absolute Gasteiger partial charge is 0.481 e. The van der Waals surface area contributed by atoms with Gasteiger partial charge in [-0.25, -0.2) is 14.6 Å². The summed E-state index contributed by atoms with van der Waals surface area (Å²) in [6.07, 6.45) is 1.19. The number of hydrogen-bond donors (Lipinski definition) is 2. The Balaban J connectivity index is 2.26. The minimum Gasteiger partial charge on any atom is -0.481 e. The standard InChI is InChI=1S/C22H25N5O4/c1-12(2)17-8-15(11-25-20(17)30-5)9-18-13(3)6-16(7-14(18)4)26-27-19(10-23)21(28)31-22(24)29/h6-8,11-12,26H,9H2,1-5H3,(H2,24,29). The lowest BCUT2D eigenvalue weighted by Crippen LogP contribution is -2.24. The lowest BCUT2D eigenvalue weighted by molar-refractivity contribution is -0.129. The molecule has 1 amide bonds. The molecule has 0 bridgehead atoms. The summed E-state index contributed by atoms with van der Waals surface area (Å²) in [6.45, 7) is 8.11. The number of nitrogens with one attached hydrogen (secondary N) is 1. The van der Waals surface area contributed by atoms with Gasteiger partial charge in [-0.3, -0.25) is 5.43 Å².